The number of sulfonamides is 1. The molecule has 208 valence electrons. The van der Waals surface area contributed by atoms with Gasteiger partial charge in [0.1, 0.15) is 5.03 Å². The fourth-order valence-corrected chi connectivity index (χ4v) is 8.34. The number of likely N-dealkylation sites (tertiary alicyclic amines) is 1. The summed E-state index contributed by atoms with van der Waals surface area (Å²) in [5.74, 6) is -0.0591. The lowest BCUT2D eigenvalue weighted by Gasteiger charge is -2.40. The zero-order chi connectivity index (χ0) is 27.3. The van der Waals surface area contributed by atoms with Crippen LogP contribution in [0.2, 0.25) is 5.02 Å². The van der Waals surface area contributed by atoms with Crippen molar-refractivity contribution in [3.63, 3.8) is 0 Å². The maximum Gasteiger partial charge on any atom is 0.283 e. The topological polar surface area (TPSA) is 119 Å². The van der Waals surface area contributed by atoms with Gasteiger partial charge < -0.3 is 20.1 Å². The number of thiazole rings is 1. The highest BCUT2D eigenvalue weighted by Gasteiger charge is 2.39. The molecule has 0 radical (unpaired) electrons. The van der Waals surface area contributed by atoms with Crippen LogP contribution in [-0.4, -0.2) is 89.1 Å². The zero-order valence-electron chi connectivity index (χ0n) is 21.7. The van der Waals surface area contributed by atoms with E-state index < -0.39 is 10.0 Å². The van der Waals surface area contributed by atoms with Crippen LogP contribution in [0.5, 0.6) is 0 Å². The molecule has 0 aliphatic carbocycles. The minimum absolute atomic E-state index is 0.0993. The molecule has 0 bridgehead atoms. The summed E-state index contributed by atoms with van der Waals surface area (Å²) in [5, 5.41) is 5.20. The fraction of sp³-hybridized carbons (Fsp3) is 0.500. The molecule has 10 nitrogen and oxygen atoms in total. The number of aromatic nitrogens is 2. The van der Waals surface area contributed by atoms with Crippen LogP contribution in [0.3, 0.4) is 0 Å². The fourth-order valence-electron chi connectivity index (χ4n) is 5.68. The van der Waals surface area contributed by atoms with Gasteiger partial charge in [0.2, 0.25) is 5.91 Å². The molecule has 2 unspecified atom stereocenters. The first kappa shape index (κ1) is 26.7. The van der Waals surface area contributed by atoms with Crippen LogP contribution in [0.25, 0.3) is 10.9 Å². The number of carbonyl (C=O) groups is 2. The van der Waals surface area contributed by atoms with E-state index in [2.05, 4.69) is 22.2 Å². The summed E-state index contributed by atoms with van der Waals surface area (Å²) in [6.45, 7) is 4.56. The predicted octanol–water partition coefficient (Wildman–Crippen LogP) is 2.84. The van der Waals surface area contributed by atoms with Gasteiger partial charge in [0.15, 0.2) is 5.01 Å². The molecule has 13 heteroatoms. The molecular formula is C26H31ClN6O4S2. The largest absolute Gasteiger partial charge is 0.345 e. The summed E-state index contributed by atoms with van der Waals surface area (Å²) in [7, 11) is -3.85. The molecular weight excluding hydrogens is 560 g/mol. The van der Waals surface area contributed by atoms with E-state index in [-0.39, 0.29) is 42.5 Å². The summed E-state index contributed by atoms with van der Waals surface area (Å²) in [6.07, 6.45) is 2.64. The monoisotopic (exact) mass is 590 g/mol. The normalized spacial score (nSPS) is 22.6. The average molecular weight is 591 g/mol. The van der Waals surface area contributed by atoms with Crippen LogP contribution >= 0.6 is 22.9 Å². The first-order valence-corrected chi connectivity index (χ1v) is 15.9. The molecule has 3 aliphatic heterocycles. The van der Waals surface area contributed by atoms with E-state index >= 15 is 0 Å². The van der Waals surface area contributed by atoms with Crippen molar-refractivity contribution in [2.24, 2.45) is 0 Å². The van der Waals surface area contributed by atoms with Gasteiger partial charge >= 0.3 is 0 Å². The number of nitrogens with one attached hydrogen (secondary N) is 2. The molecule has 5 heterocycles. The van der Waals surface area contributed by atoms with Crippen molar-refractivity contribution in [2.45, 2.75) is 56.3 Å². The van der Waals surface area contributed by atoms with Crippen LogP contribution in [-0.2, 0) is 27.8 Å². The number of hydrogen-bond acceptors (Lipinski definition) is 7. The van der Waals surface area contributed by atoms with Gasteiger partial charge in [-0.2, -0.15) is 4.31 Å². The molecule has 2 saturated heterocycles. The van der Waals surface area contributed by atoms with Gasteiger partial charge in [-0.3, -0.25) is 9.59 Å². The average Bonchev–Trinajstić information content (AvgIpc) is 3.64. The number of nitrogens with zero attached hydrogens (tertiary/aromatic N) is 4. The third-order valence-corrected chi connectivity index (χ3v) is 11.0. The lowest BCUT2D eigenvalue weighted by Crippen LogP contribution is -2.57. The van der Waals surface area contributed by atoms with Crippen molar-refractivity contribution in [3.8, 4) is 0 Å². The van der Waals surface area contributed by atoms with Crippen molar-refractivity contribution in [1.82, 2.24) is 29.4 Å². The van der Waals surface area contributed by atoms with E-state index in [1.54, 1.807) is 29.2 Å². The molecule has 2 fully saturated rings. The number of H-pyrrole nitrogens is 1. The van der Waals surface area contributed by atoms with Gasteiger partial charge in [0, 0.05) is 85.0 Å². The van der Waals surface area contributed by atoms with Crippen molar-refractivity contribution >= 4 is 55.7 Å². The van der Waals surface area contributed by atoms with E-state index in [4.69, 9.17) is 11.6 Å². The third-order valence-electron chi connectivity index (χ3n) is 7.86. The van der Waals surface area contributed by atoms with Gasteiger partial charge in [-0.05, 0) is 44.0 Å². The van der Waals surface area contributed by atoms with Crippen molar-refractivity contribution in [1.29, 1.82) is 0 Å². The van der Waals surface area contributed by atoms with E-state index in [0.29, 0.717) is 54.1 Å². The van der Waals surface area contributed by atoms with Crippen LogP contribution in [0.4, 0.5) is 0 Å². The van der Waals surface area contributed by atoms with E-state index in [9.17, 15) is 18.0 Å². The predicted molar refractivity (Wildman–Crippen MR) is 149 cm³/mol. The Morgan fingerprint density at radius 1 is 1.23 bits per heavy atom. The zero-order valence-corrected chi connectivity index (χ0v) is 24.0. The Bertz CT molecular complexity index is 1540. The Hall–Kier alpha value is -2.51. The highest BCUT2D eigenvalue weighted by Crippen LogP contribution is 2.29. The Morgan fingerprint density at radius 3 is 2.87 bits per heavy atom. The van der Waals surface area contributed by atoms with E-state index in [1.165, 1.54) is 15.6 Å². The standard InChI is InChI=1S/C26H31ClN6O4S2/c1-16-11-21-22(14-28-16)38-25(30-21)26(35)33-10-9-32(15-19(33)6-8-31-7-2-3-24(31)34)39(36,37)23-13-17-12-18(27)4-5-20(17)29-23/h4-5,12-13,16,19,28-29H,2-3,6-11,14-15H2,1H3. The van der Waals surface area contributed by atoms with Gasteiger partial charge in [0.25, 0.3) is 15.9 Å². The van der Waals surface area contributed by atoms with Gasteiger partial charge in [-0.15, -0.1) is 11.3 Å². The Morgan fingerprint density at radius 2 is 2.08 bits per heavy atom. The quantitative estimate of drug-likeness (QED) is 0.456. The summed E-state index contributed by atoms with van der Waals surface area (Å²) < 4.78 is 28.8. The Labute approximate surface area is 236 Å². The lowest BCUT2D eigenvalue weighted by molar-refractivity contribution is -0.127. The van der Waals surface area contributed by atoms with E-state index in [0.717, 1.165) is 28.8 Å². The smallest absolute Gasteiger partial charge is 0.283 e. The SMILES string of the molecule is CC1Cc2nc(C(=O)N3CCN(S(=O)(=O)c4cc5cc(Cl)ccc5[nH]4)CC3CCN3CCCC3=O)sc2CN1. The molecule has 3 aromatic rings. The molecule has 2 atom stereocenters. The number of rotatable bonds is 6. The number of carbonyl (C=O) groups excluding carboxylic acids is 2. The summed E-state index contributed by atoms with van der Waals surface area (Å²) >= 11 is 7.51. The number of hydrogen-bond donors (Lipinski definition) is 2. The highest BCUT2D eigenvalue weighted by atomic mass is 35.5. The molecule has 2 N–H and O–H groups in total. The first-order chi connectivity index (χ1) is 18.7. The summed E-state index contributed by atoms with van der Waals surface area (Å²) in [4.78, 5) is 38.3. The van der Waals surface area contributed by atoms with Crippen molar-refractivity contribution in [2.75, 3.05) is 32.7 Å². The Balaban J connectivity index is 1.25. The van der Waals surface area contributed by atoms with Crippen LogP contribution < -0.4 is 5.32 Å². The number of fused-ring (bicyclic) bond motifs is 2. The van der Waals surface area contributed by atoms with Gasteiger partial charge in [0.05, 0.1) is 5.69 Å². The number of halogens is 1. The molecule has 2 amide bonds. The number of aromatic amines is 1. The number of piperazine rings is 1. The maximum atomic E-state index is 13.7. The molecule has 0 saturated carbocycles. The van der Waals surface area contributed by atoms with E-state index in [1.807, 2.05) is 4.90 Å². The summed E-state index contributed by atoms with van der Waals surface area (Å²) in [5.41, 5.74) is 1.65. The molecule has 3 aliphatic rings. The minimum atomic E-state index is -3.85. The maximum absolute atomic E-state index is 13.7. The van der Waals surface area contributed by atoms with Crippen molar-refractivity contribution < 1.29 is 18.0 Å². The number of amides is 2. The van der Waals surface area contributed by atoms with Gasteiger partial charge in [-0.1, -0.05) is 11.6 Å². The molecule has 1 aromatic carbocycles. The van der Waals surface area contributed by atoms with Crippen molar-refractivity contribution in [3.05, 3.63) is 44.9 Å². The van der Waals surface area contributed by atoms with Crippen LogP contribution in [0, 0.1) is 0 Å². The minimum Gasteiger partial charge on any atom is -0.345 e. The third kappa shape index (κ3) is 5.20. The number of benzene rings is 1. The van der Waals surface area contributed by atoms with Crippen LogP contribution in [0.15, 0.2) is 29.3 Å². The second-order valence-electron chi connectivity index (χ2n) is 10.5. The van der Waals surface area contributed by atoms with Crippen LogP contribution in [0.1, 0.15) is 46.6 Å². The second-order valence-corrected chi connectivity index (χ2v) is 14.0. The lowest BCUT2D eigenvalue weighted by atomic mass is 10.1. The summed E-state index contributed by atoms with van der Waals surface area (Å²) in [6, 6.07) is 6.72. The molecule has 0 spiro atoms. The first-order valence-electron chi connectivity index (χ1n) is 13.3. The second kappa shape index (κ2) is 10.5. The van der Waals surface area contributed by atoms with Gasteiger partial charge in [-0.25, -0.2) is 13.4 Å². The molecule has 6 rings (SSSR count). The Kier molecular flexibility index (Phi) is 7.17. The molecule has 2 aromatic heterocycles. The highest BCUT2D eigenvalue weighted by molar-refractivity contribution is 7.89. The molecule has 39 heavy (non-hydrogen) atoms.